The SMILES string of the molecule is CC(C)(C)c1cc(P(c2ccccc2)c2ccccc2)c(P(c2ccccc2)c2ccccc2)pn1. The third-order valence-corrected chi connectivity index (χ3v) is 12.8. The molecule has 0 unspecified atom stereocenters. The van der Waals surface area contributed by atoms with Crippen LogP contribution in [0.4, 0.5) is 0 Å². The Morgan fingerprint density at radius 3 is 1.25 bits per heavy atom. The second-order valence-electron chi connectivity index (χ2n) is 9.70. The molecular formula is C32H30NP3. The van der Waals surface area contributed by atoms with Gasteiger partial charge in [0.25, 0.3) is 0 Å². The summed E-state index contributed by atoms with van der Waals surface area (Å²) < 4.78 is 5.18. The summed E-state index contributed by atoms with van der Waals surface area (Å²) in [4.78, 5) is 0. The van der Waals surface area contributed by atoms with Crippen LogP contribution in [0.2, 0.25) is 0 Å². The Kier molecular flexibility index (Phi) is 7.74. The van der Waals surface area contributed by atoms with Gasteiger partial charge in [0.1, 0.15) is 0 Å². The Labute approximate surface area is 219 Å². The van der Waals surface area contributed by atoms with E-state index in [2.05, 4.69) is 148 Å². The van der Waals surface area contributed by atoms with E-state index in [1.165, 1.54) is 37.3 Å². The van der Waals surface area contributed by atoms with Gasteiger partial charge in [-0.05, 0) is 43.1 Å². The van der Waals surface area contributed by atoms with Crippen LogP contribution in [0.5, 0.6) is 0 Å². The van der Waals surface area contributed by atoms with Crippen molar-refractivity contribution >= 4 is 55.8 Å². The molecule has 0 spiro atoms. The predicted molar refractivity (Wildman–Crippen MR) is 163 cm³/mol. The number of nitrogens with zero attached hydrogens (tertiary/aromatic N) is 1. The van der Waals surface area contributed by atoms with Crippen LogP contribution < -0.4 is 31.6 Å². The van der Waals surface area contributed by atoms with Crippen molar-refractivity contribution in [2.75, 3.05) is 0 Å². The molecular weight excluding hydrogens is 491 g/mol. The van der Waals surface area contributed by atoms with Gasteiger partial charge in [-0.2, -0.15) is 0 Å². The number of benzene rings is 4. The summed E-state index contributed by atoms with van der Waals surface area (Å²) in [5.41, 5.74) is 1.17. The third-order valence-electron chi connectivity index (χ3n) is 6.03. The lowest BCUT2D eigenvalue weighted by molar-refractivity contribution is 0.575. The monoisotopic (exact) mass is 521 g/mol. The Morgan fingerprint density at radius 1 is 0.528 bits per heavy atom. The summed E-state index contributed by atoms with van der Waals surface area (Å²) in [6.45, 7) is 6.81. The normalized spacial score (nSPS) is 11.9. The molecule has 0 saturated carbocycles. The summed E-state index contributed by atoms with van der Waals surface area (Å²) in [6, 6.07) is 46.6. The van der Waals surface area contributed by atoms with Gasteiger partial charge in [0.05, 0.1) is 5.69 Å². The molecule has 5 aromatic rings. The Morgan fingerprint density at radius 2 is 0.889 bits per heavy atom. The minimum atomic E-state index is -0.743. The molecule has 0 aliphatic heterocycles. The summed E-state index contributed by atoms with van der Waals surface area (Å²) in [6.07, 6.45) is 0. The number of hydrogen-bond acceptors (Lipinski definition) is 1. The zero-order valence-corrected chi connectivity index (χ0v) is 23.6. The first kappa shape index (κ1) is 25.0. The van der Waals surface area contributed by atoms with Crippen LogP contribution in [0.3, 0.4) is 0 Å². The van der Waals surface area contributed by atoms with E-state index in [-0.39, 0.29) is 5.41 Å². The van der Waals surface area contributed by atoms with E-state index in [9.17, 15) is 0 Å². The van der Waals surface area contributed by atoms with E-state index in [4.69, 9.17) is 4.75 Å². The molecule has 0 aliphatic carbocycles. The molecule has 178 valence electrons. The predicted octanol–water partition coefficient (Wildman–Crippen LogP) is 6.48. The molecule has 0 N–H and O–H groups in total. The van der Waals surface area contributed by atoms with Crippen LogP contribution in [0.1, 0.15) is 26.5 Å². The van der Waals surface area contributed by atoms with Crippen LogP contribution in [0.15, 0.2) is 127 Å². The zero-order chi connectivity index (χ0) is 25.0. The molecule has 5 rings (SSSR count). The maximum absolute atomic E-state index is 5.18. The topological polar surface area (TPSA) is 12.9 Å². The van der Waals surface area contributed by atoms with Gasteiger partial charge >= 0.3 is 0 Å². The molecule has 0 bridgehead atoms. The molecule has 4 heteroatoms. The van der Waals surface area contributed by atoms with Crippen molar-refractivity contribution in [3.05, 3.63) is 133 Å². The second kappa shape index (κ2) is 11.2. The number of aromatic nitrogens is 1. The van der Waals surface area contributed by atoms with Gasteiger partial charge in [0.15, 0.2) is 0 Å². The van der Waals surface area contributed by atoms with Crippen LogP contribution >= 0.6 is 24.2 Å². The Balaban J connectivity index is 1.82. The first-order valence-corrected chi connectivity index (χ1v) is 15.7. The third kappa shape index (κ3) is 5.51. The van der Waals surface area contributed by atoms with Crippen LogP contribution in [-0.2, 0) is 5.41 Å². The maximum Gasteiger partial charge on any atom is 0.0513 e. The lowest BCUT2D eigenvalue weighted by Crippen LogP contribution is -2.34. The van der Waals surface area contributed by atoms with Gasteiger partial charge in [-0.3, -0.25) is 0 Å². The molecule has 1 aromatic heterocycles. The van der Waals surface area contributed by atoms with Crippen LogP contribution in [0.25, 0.3) is 0 Å². The van der Waals surface area contributed by atoms with Gasteiger partial charge in [-0.15, -0.1) is 0 Å². The molecule has 0 atom stereocenters. The Hall–Kier alpha value is -2.68. The first-order chi connectivity index (χ1) is 17.5. The molecule has 36 heavy (non-hydrogen) atoms. The van der Waals surface area contributed by atoms with Crippen molar-refractivity contribution in [3.63, 3.8) is 0 Å². The fourth-order valence-electron chi connectivity index (χ4n) is 4.19. The molecule has 0 amide bonds. The van der Waals surface area contributed by atoms with E-state index in [0.717, 1.165) is 8.35 Å². The largest absolute Gasteiger partial charge is 0.231 e. The fraction of sp³-hybridized carbons (Fsp3) is 0.125. The molecule has 1 nitrogen and oxygen atoms in total. The lowest BCUT2D eigenvalue weighted by Gasteiger charge is -2.28. The van der Waals surface area contributed by atoms with Crippen molar-refractivity contribution in [2.45, 2.75) is 26.2 Å². The number of rotatable bonds is 6. The van der Waals surface area contributed by atoms with Crippen molar-refractivity contribution in [2.24, 2.45) is 0 Å². The highest BCUT2D eigenvalue weighted by Gasteiger charge is 2.29. The van der Waals surface area contributed by atoms with Gasteiger partial charge in [-0.1, -0.05) is 142 Å². The second-order valence-corrected chi connectivity index (χ2v) is 15.2. The maximum atomic E-state index is 5.18. The molecule has 1 heterocycles. The van der Waals surface area contributed by atoms with Gasteiger partial charge in [-0.25, -0.2) is 4.75 Å². The zero-order valence-electron chi connectivity index (χ0n) is 20.9. The fourth-order valence-corrected chi connectivity index (χ4v) is 11.4. The van der Waals surface area contributed by atoms with Gasteiger partial charge in [0.2, 0.25) is 0 Å². The average Bonchev–Trinajstić information content (AvgIpc) is 2.92. The van der Waals surface area contributed by atoms with Crippen LogP contribution in [-0.4, -0.2) is 4.75 Å². The standard InChI is InChI=1S/C32H30NP3/c1-32(2,3)30-24-29(35(25-16-8-4-9-17-25)26-18-10-5-11-19-26)31(34-33-30)36(27-20-12-6-13-21-27)28-22-14-7-15-23-28/h4-24H,1-3H3. The average molecular weight is 522 g/mol. The van der Waals surface area contributed by atoms with E-state index in [1.807, 2.05) is 0 Å². The molecule has 0 radical (unpaired) electrons. The van der Waals surface area contributed by atoms with E-state index in [1.54, 1.807) is 0 Å². The van der Waals surface area contributed by atoms with E-state index < -0.39 is 15.8 Å². The summed E-state index contributed by atoms with van der Waals surface area (Å²) in [7, 11) is -0.411. The molecule has 4 aromatic carbocycles. The highest BCUT2D eigenvalue weighted by Crippen LogP contribution is 2.41. The smallest absolute Gasteiger partial charge is 0.0513 e. The summed E-state index contributed by atoms with van der Waals surface area (Å²) in [5, 5.41) is 8.39. The van der Waals surface area contributed by atoms with E-state index >= 15 is 0 Å². The highest BCUT2D eigenvalue weighted by molar-refractivity contribution is 7.89. The van der Waals surface area contributed by atoms with Crippen molar-refractivity contribution in [1.29, 1.82) is 0 Å². The molecule has 0 fully saturated rings. The molecule has 0 aliphatic rings. The van der Waals surface area contributed by atoms with Crippen molar-refractivity contribution in [3.8, 4) is 0 Å². The highest BCUT2D eigenvalue weighted by atomic mass is 31.2. The summed E-state index contributed by atoms with van der Waals surface area (Å²) in [5.74, 6) is 0. The summed E-state index contributed by atoms with van der Waals surface area (Å²) >= 11 is 0. The van der Waals surface area contributed by atoms with Gasteiger partial charge in [0, 0.05) is 24.1 Å². The van der Waals surface area contributed by atoms with Crippen LogP contribution in [0, 0.1) is 0 Å². The number of hydrogen-bond donors (Lipinski definition) is 0. The van der Waals surface area contributed by atoms with E-state index in [0.29, 0.717) is 0 Å². The van der Waals surface area contributed by atoms with Crippen molar-refractivity contribution < 1.29 is 0 Å². The lowest BCUT2D eigenvalue weighted by atomic mass is 9.92. The molecule has 0 saturated heterocycles. The minimum Gasteiger partial charge on any atom is -0.231 e. The van der Waals surface area contributed by atoms with Gasteiger partial charge < -0.3 is 0 Å². The van der Waals surface area contributed by atoms with Crippen molar-refractivity contribution in [1.82, 2.24) is 4.75 Å². The Bertz CT molecular complexity index is 1320. The quantitative estimate of drug-likeness (QED) is 0.233. The first-order valence-electron chi connectivity index (χ1n) is 12.2. The minimum absolute atomic E-state index is 0.0135.